The molecule has 0 N–H and O–H groups in total. The zero-order valence-corrected chi connectivity index (χ0v) is 14.5. The van der Waals surface area contributed by atoms with Crippen molar-refractivity contribution in [2.24, 2.45) is 0 Å². The Kier molecular flexibility index (Phi) is 3.75. The highest BCUT2D eigenvalue weighted by molar-refractivity contribution is 5.81. The Morgan fingerprint density at radius 3 is 2.57 bits per heavy atom. The Bertz CT molecular complexity index is 1460. The van der Waals surface area contributed by atoms with Gasteiger partial charge in [0.05, 0.1) is 10.3 Å². The first-order valence-corrected chi connectivity index (χ1v) is 8.15. The molecule has 9 heteroatoms. The molecule has 0 atom stereocenters. The Labute approximate surface area is 156 Å². The van der Waals surface area contributed by atoms with Crippen LogP contribution in [0.2, 0.25) is 0 Å². The monoisotopic (exact) mass is 373 g/mol. The minimum Gasteiger partial charge on any atom is -0.268 e. The summed E-state index contributed by atoms with van der Waals surface area (Å²) in [6.07, 6.45) is 1.53. The fraction of sp³-hybridized carbons (Fsp3) is 0.0526. The van der Waals surface area contributed by atoms with E-state index in [9.17, 15) is 25.0 Å². The predicted molar refractivity (Wildman–Crippen MR) is 101 cm³/mol. The fourth-order valence-corrected chi connectivity index (χ4v) is 3.13. The van der Waals surface area contributed by atoms with Crippen LogP contribution in [-0.4, -0.2) is 18.9 Å². The SMILES string of the molecule is Cc1cccn2c(=O)c3cc(C#N)c(=O)n(-c4ccccc4[N+](=O)[O-])c3nc12. The van der Waals surface area contributed by atoms with E-state index in [4.69, 9.17) is 0 Å². The van der Waals surface area contributed by atoms with Gasteiger partial charge in [0.15, 0.2) is 5.65 Å². The lowest BCUT2D eigenvalue weighted by Gasteiger charge is -2.12. The van der Waals surface area contributed by atoms with Gasteiger partial charge >= 0.3 is 0 Å². The predicted octanol–water partition coefficient (Wildman–Crippen LogP) is 2.09. The first-order chi connectivity index (χ1) is 13.4. The van der Waals surface area contributed by atoms with Crippen LogP contribution in [0.15, 0.2) is 58.3 Å². The van der Waals surface area contributed by atoms with Gasteiger partial charge in [-0.1, -0.05) is 18.2 Å². The summed E-state index contributed by atoms with van der Waals surface area (Å²) in [6.45, 7) is 1.75. The number of hydrogen-bond acceptors (Lipinski definition) is 6. The summed E-state index contributed by atoms with van der Waals surface area (Å²) in [5, 5.41) is 20.8. The van der Waals surface area contributed by atoms with Gasteiger partial charge in [-0.2, -0.15) is 5.26 Å². The number of benzene rings is 1. The standard InChI is InChI=1S/C19H11N5O4/c1-11-5-4-8-22-16(11)21-17-13(19(22)26)9-12(10-20)18(25)23(17)14-6-2-3-7-15(14)24(27)28/h2-9H,1H3. The fourth-order valence-electron chi connectivity index (χ4n) is 3.13. The third kappa shape index (κ3) is 2.36. The van der Waals surface area contributed by atoms with Crippen molar-refractivity contribution in [3.63, 3.8) is 0 Å². The normalized spacial score (nSPS) is 10.9. The van der Waals surface area contributed by atoms with Crippen LogP contribution in [0, 0.1) is 28.4 Å². The second kappa shape index (κ2) is 6.14. The molecule has 0 bridgehead atoms. The van der Waals surface area contributed by atoms with E-state index in [1.165, 1.54) is 40.9 Å². The molecule has 0 aliphatic carbocycles. The third-order valence-corrected chi connectivity index (χ3v) is 4.44. The number of para-hydroxylation sites is 2. The Morgan fingerprint density at radius 1 is 1.11 bits per heavy atom. The van der Waals surface area contributed by atoms with Crippen molar-refractivity contribution in [2.45, 2.75) is 6.92 Å². The first kappa shape index (κ1) is 17.1. The van der Waals surface area contributed by atoms with Crippen molar-refractivity contribution < 1.29 is 4.92 Å². The van der Waals surface area contributed by atoms with Crippen LogP contribution < -0.4 is 11.1 Å². The molecule has 0 fully saturated rings. The average molecular weight is 373 g/mol. The van der Waals surface area contributed by atoms with Crippen LogP contribution in [0.25, 0.3) is 22.4 Å². The van der Waals surface area contributed by atoms with Gasteiger partial charge in [0.1, 0.15) is 23.0 Å². The molecule has 3 heterocycles. The molecule has 0 radical (unpaired) electrons. The average Bonchev–Trinajstić information content (AvgIpc) is 2.69. The van der Waals surface area contributed by atoms with E-state index in [0.717, 1.165) is 4.57 Å². The molecule has 9 nitrogen and oxygen atoms in total. The Morgan fingerprint density at radius 2 is 1.86 bits per heavy atom. The minimum absolute atomic E-state index is 0.0115. The smallest absolute Gasteiger partial charge is 0.268 e. The maximum atomic E-state index is 13.0. The molecule has 0 amide bonds. The van der Waals surface area contributed by atoms with E-state index in [1.807, 2.05) is 0 Å². The van der Waals surface area contributed by atoms with Gasteiger partial charge in [-0.05, 0) is 30.7 Å². The van der Waals surface area contributed by atoms with Crippen molar-refractivity contribution in [1.82, 2.24) is 14.0 Å². The molecule has 1 aromatic carbocycles. The van der Waals surface area contributed by atoms with Crippen molar-refractivity contribution >= 4 is 22.4 Å². The highest BCUT2D eigenvalue weighted by Crippen LogP contribution is 2.24. The van der Waals surface area contributed by atoms with Crippen molar-refractivity contribution in [2.75, 3.05) is 0 Å². The molecule has 0 spiro atoms. The molecule has 0 saturated carbocycles. The van der Waals surface area contributed by atoms with Crippen LogP contribution in [0.5, 0.6) is 0 Å². The number of aryl methyl sites for hydroxylation is 1. The van der Waals surface area contributed by atoms with Gasteiger partial charge in [0, 0.05) is 12.3 Å². The molecule has 4 rings (SSSR count). The Balaban J connectivity index is 2.31. The molecule has 0 unspecified atom stereocenters. The van der Waals surface area contributed by atoms with E-state index in [-0.39, 0.29) is 28.0 Å². The number of nitriles is 1. The number of nitro groups is 1. The summed E-state index contributed by atoms with van der Waals surface area (Å²) in [7, 11) is 0. The molecule has 3 aromatic heterocycles. The summed E-state index contributed by atoms with van der Waals surface area (Å²) in [6, 6.07) is 12.0. The summed E-state index contributed by atoms with van der Waals surface area (Å²) < 4.78 is 2.27. The van der Waals surface area contributed by atoms with Gasteiger partial charge in [0.2, 0.25) is 0 Å². The number of nitrogens with zero attached hydrogens (tertiary/aromatic N) is 5. The van der Waals surface area contributed by atoms with Crippen molar-refractivity contribution in [3.05, 3.63) is 90.6 Å². The van der Waals surface area contributed by atoms with Gasteiger partial charge in [-0.3, -0.25) is 28.7 Å². The lowest BCUT2D eigenvalue weighted by atomic mass is 10.2. The van der Waals surface area contributed by atoms with Crippen LogP contribution in [-0.2, 0) is 0 Å². The van der Waals surface area contributed by atoms with E-state index in [1.54, 1.807) is 25.1 Å². The zero-order chi connectivity index (χ0) is 20.0. The maximum absolute atomic E-state index is 13.0. The molecule has 0 saturated heterocycles. The van der Waals surface area contributed by atoms with E-state index in [0.29, 0.717) is 11.2 Å². The highest BCUT2D eigenvalue weighted by atomic mass is 16.6. The lowest BCUT2D eigenvalue weighted by molar-refractivity contribution is -0.384. The lowest BCUT2D eigenvalue weighted by Crippen LogP contribution is -2.27. The number of hydrogen-bond donors (Lipinski definition) is 0. The first-order valence-electron chi connectivity index (χ1n) is 8.15. The second-order valence-electron chi connectivity index (χ2n) is 6.10. The van der Waals surface area contributed by atoms with Crippen LogP contribution in [0.4, 0.5) is 5.69 Å². The summed E-state index contributed by atoms with van der Waals surface area (Å²) >= 11 is 0. The molecule has 0 aliphatic heterocycles. The van der Waals surface area contributed by atoms with E-state index < -0.39 is 16.0 Å². The minimum atomic E-state index is -0.783. The van der Waals surface area contributed by atoms with Gasteiger partial charge in [-0.25, -0.2) is 4.98 Å². The molecule has 136 valence electrons. The molecular formula is C19H11N5O4. The van der Waals surface area contributed by atoms with E-state index in [2.05, 4.69) is 4.98 Å². The number of aromatic nitrogens is 3. The van der Waals surface area contributed by atoms with Crippen LogP contribution >= 0.6 is 0 Å². The number of pyridine rings is 2. The quantitative estimate of drug-likeness (QED) is 0.301. The van der Waals surface area contributed by atoms with Crippen LogP contribution in [0.3, 0.4) is 0 Å². The largest absolute Gasteiger partial charge is 0.293 e. The van der Waals surface area contributed by atoms with Crippen molar-refractivity contribution in [3.8, 4) is 11.8 Å². The highest BCUT2D eigenvalue weighted by Gasteiger charge is 2.22. The molecule has 4 aromatic rings. The number of rotatable bonds is 2. The van der Waals surface area contributed by atoms with Crippen molar-refractivity contribution in [1.29, 1.82) is 5.26 Å². The van der Waals surface area contributed by atoms with Crippen LogP contribution in [0.1, 0.15) is 11.1 Å². The number of fused-ring (bicyclic) bond motifs is 2. The second-order valence-corrected chi connectivity index (χ2v) is 6.10. The topological polar surface area (TPSA) is 123 Å². The summed E-state index contributed by atoms with van der Waals surface area (Å²) in [5.41, 5.74) is -1.02. The summed E-state index contributed by atoms with van der Waals surface area (Å²) in [4.78, 5) is 41.2. The molecule has 28 heavy (non-hydrogen) atoms. The van der Waals surface area contributed by atoms with Gasteiger partial charge < -0.3 is 0 Å². The Hall–Kier alpha value is -4.32. The van der Waals surface area contributed by atoms with Gasteiger partial charge in [-0.15, -0.1) is 0 Å². The summed E-state index contributed by atoms with van der Waals surface area (Å²) in [5.74, 6) is 0. The third-order valence-electron chi connectivity index (χ3n) is 4.44. The maximum Gasteiger partial charge on any atom is 0.293 e. The van der Waals surface area contributed by atoms with E-state index >= 15 is 0 Å². The molecule has 0 aliphatic rings. The zero-order valence-electron chi connectivity index (χ0n) is 14.5. The van der Waals surface area contributed by atoms with Gasteiger partial charge in [0.25, 0.3) is 16.8 Å². The molecular weight excluding hydrogens is 362 g/mol. The number of nitro benzene ring substituents is 1.